The zero-order valence-electron chi connectivity index (χ0n) is 12.8. The van der Waals surface area contributed by atoms with Gasteiger partial charge in [0.15, 0.2) is 0 Å². The molecule has 1 unspecified atom stereocenters. The van der Waals surface area contributed by atoms with Crippen LogP contribution in [0.25, 0.3) is 0 Å². The summed E-state index contributed by atoms with van der Waals surface area (Å²) in [7, 11) is 0. The van der Waals surface area contributed by atoms with Crippen molar-refractivity contribution in [3.05, 3.63) is 52.2 Å². The minimum Gasteiger partial charge on any atom is -0.363 e. The van der Waals surface area contributed by atoms with E-state index in [9.17, 15) is 13.2 Å². The molecule has 0 bridgehead atoms. The number of anilines is 1. The van der Waals surface area contributed by atoms with Gasteiger partial charge >= 0.3 is 0 Å². The van der Waals surface area contributed by atoms with E-state index in [0.717, 1.165) is 17.3 Å². The number of nitrogens with zero attached hydrogens (tertiary/aromatic N) is 2. The minimum absolute atomic E-state index is 0.193. The first-order valence-corrected chi connectivity index (χ1v) is 7.37. The largest absolute Gasteiger partial charge is 0.363 e. The van der Waals surface area contributed by atoms with Gasteiger partial charge in [0.2, 0.25) is 0 Å². The highest BCUT2D eigenvalue weighted by Gasteiger charge is 2.22. The molecule has 1 atom stereocenters. The fourth-order valence-corrected chi connectivity index (χ4v) is 2.77. The SMILES string of the molecule is Cc1nc2c(c(NC(C)c3cccc(C(F)F)c3F)n1)CNC2. The van der Waals surface area contributed by atoms with E-state index in [1.165, 1.54) is 12.1 Å². The summed E-state index contributed by atoms with van der Waals surface area (Å²) in [6, 6.07) is 3.56. The van der Waals surface area contributed by atoms with Gasteiger partial charge in [-0.15, -0.1) is 0 Å². The number of hydrogen-bond acceptors (Lipinski definition) is 4. The van der Waals surface area contributed by atoms with Gasteiger partial charge in [0.25, 0.3) is 6.43 Å². The Hall–Kier alpha value is -2.15. The topological polar surface area (TPSA) is 49.8 Å². The number of benzene rings is 1. The maximum atomic E-state index is 14.3. The number of alkyl halides is 2. The third-order valence-corrected chi connectivity index (χ3v) is 3.91. The van der Waals surface area contributed by atoms with Gasteiger partial charge in [-0.2, -0.15) is 0 Å². The van der Waals surface area contributed by atoms with Gasteiger partial charge in [0.05, 0.1) is 17.3 Å². The first-order valence-electron chi connectivity index (χ1n) is 7.37. The van der Waals surface area contributed by atoms with Crippen molar-refractivity contribution in [2.45, 2.75) is 39.4 Å². The highest BCUT2D eigenvalue weighted by Crippen LogP contribution is 2.30. The lowest BCUT2D eigenvalue weighted by atomic mass is 10.0. The Morgan fingerprint density at radius 1 is 1.17 bits per heavy atom. The summed E-state index contributed by atoms with van der Waals surface area (Å²) in [6.07, 6.45) is -2.84. The summed E-state index contributed by atoms with van der Waals surface area (Å²) in [4.78, 5) is 8.73. The van der Waals surface area contributed by atoms with E-state index in [4.69, 9.17) is 0 Å². The zero-order valence-corrected chi connectivity index (χ0v) is 12.8. The maximum absolute atomic E-state index is 14.3. The summed E-state index contributed by atoms with van der Waals surface area (Å²) in [5, 5.41) is 6.32. The van der Waals surface area contributed by atoms with E-state index in [2.05, 4.69) is 20.6 Å². The van der Waals surface area contributed by atoms with E-state index in [0.29, 0.717) is 24.7 Å². The van der Waals surface area contributed by atoms with Crippen LogP contribution in [0, 0.1) is 12.7 Å². The fourth-order valence-electron chi connectivity index (χ4n) is 2.77. The van der Waals surface area contributed by atoms with Gasteiger partial charge in [-0.1, -0.05) is 18.2 Å². The quantitative estimate of drug-likeness (QED) is 0.902. The van der Waals surface area contributed by atoms with Crippen LogP contribution in [0.4, 0.5) is 19.0 Å². The standard InChI is InChI=1S/C16H17F3N4/c1-8(10-4-3-5-11(14(10)17)15(18)19)21-16-12-6-20-7-13(12)22-9(2)23-16/h3-5,8,15,20H,6-7H2,1-2H3,(H,21,22,23). The van der Waals surface area contributed by atoms with Gasteiger partial charge in [0, 0.05) is 24.2 Å². The molecule has 0 radical (unpaired) electrons. The Bertz CT molecular complexity index is 734. The van der Waals surface area contributed by atoms with Gasteiger partial charge in [-0.3, -0.25) is 0 Å². The van der Waals surface area contributed by atoms with Crippen LogP contribution in [0.3, 0.4) is 0 Å². The molecule has 1 aliphatic heterocycles. The summed E-state index contributed by atoms with van der Waals surface area (Å²) in [5.74, 6) is 0.360. The second-order valence-corrected chi connectivity index (χ2v) is 5.57. The van der Waals surface area contributed by atoms with Gasteiger partial charge in [-0.05, 0) is 13.8 Å². The molecule has 122 valence electrons. The second kappa shape index (κ2) is 6.16. The third kappa shape index (κ3) is 3.01. The van der Waals surface area contributed by atoms with Crippen LogP contribution < -0.4 is 10.6 Å². The molecule has 0 saturated carbocycles. The molecule has 0 fully saturated rings. The molecule has 2 aromatic rings. The average molecular weight is 322 g/mol. The van der Waals surface area contributed by atoms with Crippen molar-refractivity contribution in [3.63, 3.8) is 0 Å². The molecule has 4 nitrogen and oxygen atoms in total. The van der Waals surface area contributed by atoms with Crippen LogP contribution in [0.15, 0.2) is 18.2 Å². The molecule has 0 saturated heterocycles. The molecular formula is C16H17F3N4. The Kier molecular flexibility index (Phi) is 4.21. The first-order chi connectivity index (χ1) is 11.0. The van der Waals surface area contributed by atoms with Crippen LogP contribution in [0.2, 0.25) is 0 Å². The minimum atomic E-state index is -2.84. The highest BCUT2D eigenvalue weighted by molar-refractivity contribution is 5.50. The number of aromatic nitrogens is 2. The van der Waals surface area contributed by atoms with E-state index < -0.39 is 23.8 Å². The van der Waals surface area contributed by atoms with Crippen molar-refractivity contribution in [2.24, 2.45) is 0 Å². The molecule has 23 heavy (non-hydrogen) atoms. The molecule has 1 aromatic heterocycles. The lowest BCUT2D eigenvalue weighted by Crippen LogP contribution is -2.14. The Morgan fingerprint density at radius 3 is 2.65 bits per heavy atom. The summed E-state index contributed by atoms with van der Waals surface area (Å²) in [6.45, 7) is 4.80. The van der Waals surface area contributed by atoms with Crippen molar-refractivity contribution in [3.8, 4) is 0 Å². The lowest BCUT2D eigenvalue weighted by molar-refractivity contribution is 0.146. The van der Waals surface area contributed by atoms with Crippen LogP contribution in [0.5, 0.6) is 0 Å². The molecular weight excluding hydrogens is 305 g/mol. The van der Waals surface area contributed by atoms with E-state index in [1.807, 2.05) is 0 Å². The molecule has 1 aliphatic rings. The smallest absolute Gasteiger partial charge is 0.266 e. The Morgan fingerprint density at radius 2 is 1.91 bits per heavy atom. The van der Waals surface area contributed by atoms with Crippen LogP contribution >= 0.6 is 0 Å². The fraction of sp³-hybridized carbons (Fsp3) is 0.375. The number of halogens is 3. The monoisotopic (exact) mass is 322 g/mol. The number of rotatable bonds is 4. The van der Waals surface area contributed by atoms with Gasteiger partial charge in [-0.25, -0.2) is 23.1 Å². The van der Waals surface area contributed by atoms with Gasteiger partial charge in [0.1, 0.15) is 17.5 Å². The highest BCUT2D eigenvalue weighted by atomic mass is 19.3. The molecule has 0 amide bonds. The predicted molar refractivity (Wildman–Crippen MR) is 80.7 cm³/mol. The number of hydrogen-bond donors (Lipinski definition) is 2. The van der Waals surface area contributed by atoms with Gasteiger partial charge < -0.3 is 10.6 Å². The van der Waals surface area contributed by atoms with Crippen LogP contribution in [-0.2, 0) is 13.1 Å². The Balaban J connectivity index is 1.92. The Labute approximate surface area is 132 Å². The lowest BCUT2D eigenvalue weighted by Gasteiger charge is -2.19. The number of nitrogens with one attached hydrogen (secondary N) is 2. The molecule has 3 rings (SSSR count). The first kappa shape index (κ1) is 15.7. The van der Waals surface area contributed by atoms with Crippen molar-refractivity contribution >= 4 is 5.82 Å². The predicted octanol–water partition coefficient (Wildman–Crippen LogP) is 3.64. The normalized spacial score (nSPS) is 14.9. The molecule has 0 aliphatic carbocycles. The van der Waals surface area contributed by atoms with E-state index in [-0.39, 0.29) is 5.56 Å². The summed E-state index contributed by atoms with van der Waals surface area (Å²) >= 11 is 0. The van der Waals surface area contributed by atoms with E-state index in [1.54, 1.807) is 13.8 Å². The number of fused-ring (bicyclic) bond motifs is 1. The van der Waals surface area contributed by atoms with Crippen LogP contribution in [0.1, 0.15) is 47.6 Å². The second-order valence-electron chi connectivity index (χ2n) is 5.57. The van der Waals surface area contributed by atoms with Crippen molar-refractivity contribution in [1.82, 2.24) is 15.3 Å². The molecule has 7 heteroatoms. The average Bonchev–Trinajstić information content (AvgIpc) is 2.95. The zero-order chi connectivity index (χ0) is 16.6. The molecule has 1 aromatic carbocycles. The number of aryl methyl sites for hydroxylation is 1. The van der Waals surface area contributed by atoms with Crippen molar-refractivity contribution < 1.29 is 13.2 Å². The molecule has 2 heterocycles. The van der Waals surface area contributed by atoms with Crippen molar-refractivity contribution in [1.29, 1.82) is 0 Å². The molecule has 0 spiro atoms. The van der Waals surface area contributed by atoms with Crippen LogP contribution in [-0.4, -0.2) is 9.97 Å². The maximum Gasteiger partial charge on any atom is 0.266 e. The van der Waals surface area contributed by atoms with Crippen molar-refractivity contribution in [2.75, 3.05) is 5.32 Å². The third-order valence-electron chi connectivity index (χ3n) is 3.91. The van der Waals surface area contributed by atoms with E-state index >= 15 is 0 Å². The summed E-state index contributed by atoms with van der Waals surface area (Å²) < 4.78 is 39.9. The molecule has 2 N–H and O–H groups in total. The summed E-state index contributed by atoms with van der Waals surface area (Å²) in [5.41, 5.74) is 1.46.